The number of hydrogen-bond donors (Lipinski definition) is 2. The van der Waals surface area contributed by atoms with Gasteiger partial charge in [-0.15, -0.1) is 0 Å². The molecule has 0 atom stereocenters. The Morgan fingerprint density at radius 3 is 2.68 bits per heavy atom. The molecular weight excluding hydrogens is 311 g/mol. The molecular formula is C15H20ClFN2O3. The normalized spacial score (nSPS) is 16.5. The summed E-state index contributed by atoms with van der Waals surface area (Å²) >= 11 is 5.92. The third-order valence-electron chi connectivity index (χ3n) is 3.49. The second-order valence-corrected chi connectivity index (χ2v) is 5.62. The number of halogens is 2. The summed E-state index contributed by atoms with van der Waals surface area (Å²) in [4.78, 5) is 11.7. The highest BCUT2D eigenvalue weighted by atomic mass is 35.5. The topological polar surface area (TPSA) is 59.6 Å². The Hall–Kier alpha value is -1.37. The fraction of sp³-hybridized carbons (Fsp3) is 0.533. The van der Waals surface area contributed by atoms with Crippen molar-refractivity contribution in [1.82, 2.24) is 10.6 Å². The molecule has 0 saturated carbocycles. The number of urea groups is 1. The lowest BCUT2D eigenvalue weighted by Gasteiger charge is -2.22. The molecule has 122 valence electrons. The van der Waals surface area contributed by atoms with E-state index in [0.29, 0.717) is 49.7 Å². The van der Waals surface area contributed by atoms with E-state index in [1.54, 1.807) is 12.1 Å². The minimum Gasteiger partial charge on any atom is -0.348 e. The van der Waals surface area contributed by atoms with Crippen LogP contribution in [0.5, 0.6) is 0 Å². The SMILES string of the molecule is CC1(CCNC(=O)NCCc2c(F)cccc2Cl)OCCO1. The Labute approximate surface area is 134 Å². The molecule has 1 aliphatic heterocycles. The Balaban J connectivity index is 1.65. The van der Waals surface area contributed by atoms with Gasteiger partial charge in [0.05, 0.1) is 13.2 Å². The van der Waals surface area contributed by atoms with Crippen LogP contribution >= 0.6 is 11.6 Å². The number of hydrogen-bond acceptors (Lipinski definition) is 3. The lowest BCUT2D eigenvalue weighted by Crippen LogP contribution is -2.40. The molecule has 1 aliphatic rings. The first kappa shape index (κ1) is 17.0. The van der Waals surface area contributed by atoms with E-state index in [1.807, 2.05) is 6.92 Å². The second kappa shape index (κ2) is 7.76. The van der Waals surface area contributed by atoms with Gasteiger partial charge >= 0.3 is 6.03 Å². The molecule has 1 fully saturated rings. The molecule has 0 unspecified atom stereocenters. The van der Waals surface area contributed by atoms with Crippen molar-refractivity contribution in [3.8, 4) is 0 Å². The smallest absolute Gasteiger partial charge is 0.314 e. The summed E-state index contributed by atoms with van der Waals surface area (Å²) < 4.78 is 24.4. The zero-order valence-corrected chi connectivity index (χ0v) is 13.2. The summed E-state index contributed by atoms with van der Waals surface area (Å²) in [5.74, 6) is -0.980. The number of nitrogens with one attached hydrogen (secondary N) is 2. The van der Waals surface area contributed by atoms with Crippen molar-refractivity contribution in [2.75, 3.05) is 26.3 Å². The maximum atomic E-state index is 13.6. The summed E-state index contributed by atoms with van der Waals surface area (Å²) in [5, 5.41) is 5.75. The molecule has 7 heteroatoms. The average molecular weight is 331 g/mol. The van der Waals surface area contributed by atoms with E-state index >= 15 is 0 Å². The van der Waals surface area contributed by atoms with Crippen LogP contribution in [-0.4, -0.2) is 38.1 Å². The van der Waals surface area contributed by atoms with Gasteiger partial charge in [-0.2, -0.15) is 0 Å². The van der Waals surface area contributed by atoms with Crippen molar-refractivity contribution in [2.45, 2.75) is 25.6 Å². The Kier molecular flexibility index (Phi) is 5.99. The molecule has 0 bridgehead atoms. The van der Waals surface area contributed by atoms with Crippen molar-refractivity contribution in [3.63, 3.8) is 0 Å². The summed E-state index contributed by atoms with van der Waals surface area (Å²) in [5.41, 5.74) is 0.407. The summed E-state index contributed by atoms with van der Waals surface area (Å²) in [6.45, 7) is 3.73. The van der Waals surface area contributed by atoms with Crippen molar-refractivity contribution in [2.24, 2.45) is 0 Å². The van der Waals surface area contributed by atoms with Gasteiger partial charge in [0.25, 0.3) is 0 Å². The first-order chi connectivity index (χ1) is 10.5. The van der Waals surface area contributed by atoms with Gasteiger partial charge in [0.1, 0.15) is 5.82 Å². The first-order valence-electron chi connectivity index (χ1n) is 7.23. The number of rotatable bonds is 6. The highest BCUT2D eigenvalue weighted by Gasteiger charge is 2.30. The van der Waals surface area contributed by atoms with Gasteiger partial charge in [-0.1, -0.05) is 17.7 Å². The van der Waals surface area contributed by atoms with Crippen LogP contribution in [0.2, 0.25) is 5.02 Å². The lowest BCUT2D eigenvalue weighted by atomic mass is 10.1. The predicted molar refractivity (Wildman–Crippen MR) is 81.4 cm³/mol. The highest BCUT2D eigenvalue weighted by Crippen LogP contribution is 2.21. The minimum atomic E-state index is -0.617. The van der Waals surface area contributed by atoms with E-state index in [2.05, 4.69) is 10.6 Å². The number of ether oxygens (including phenoxy) is 2. The quantitative estimate of drug-likeness (QED) is 0.842. The summed E-state index contributed by atoms with van der Waals surface area (Å²) in [6, 6.07) is 4.22. The highest BCUT2D eigenvalue weighted by molar-refractivity contribution is 6.31. The Morgan fingerprint density at radius 2 is 2.00 bits per heavy atom. The van der Waals surface area contributed by atoms with Crippen LogP contribution < -0.4 is 10.6 Å². The maximum Gasteiger partial charge on any atom is 0.314 e. The van der Waals surface area contributed by atoms with E-state index in [4.69, 9.17) is 21.1 Å². The molecule has 1 aromatic rings. The van der Waals surface area contributed by atoms with Gasteiger partial charge in [0.15, 0.2) is 5.79 Å². The largest absolute Gasteiger partial charge is 0.348 e. The fourth-order valence-electron chi connectivity index (χ4n) is 2.24. The van der Waals surface area contributed by atoms with Gasteiger partial charge in [-0.25, -0.2) is 9.18 Å². The minimum absolute atomic E-state index is 0.302. The van der Waals surface area contributed by atoms with Gasteiger partial charge in [0.2, 0.25) is 0 Å². The lowest BCUT2D eigenvalue weighted by molar-refractivity contribution is -0.145. The van der Waals surface area contributed by atoms with E-state index in [1.165, 1.54) is 6.07 Å². The number of carbonyl (C=O) groups excluding carboxylic acids is 1. The monoisotopic (exact) mass is 330 g/mol. The molecule has 5 nitrogen and oxygen atoms in total. The molecule has 22 heavy (non-hydrogen) atoms. The third-order valence-corrected chi connectivity index (χ3v) is 3.84. The van der Waals surface area contributed by atoms with Crippen LogP contribution in [0.15, 0.2) is 18.2 Å². The Morgan fingerprint density at radius 1 is 1.32 bits per heavy atom. The number of benzene rings is 1. The second-order valence-electron chi connectivity index (χ2n) is 5.21. The van der Waals surface area contributed by atoms with Crippen molar-refractivity contribution >= 4 is 17.6 Å². The Bertz CT molecular complexity index is 501. The summed E-state index contributed by atoms with van der Waals surface area (Å²) in [7, 11) is 0. The molecule has 1 heterocycles. The molecule has 2 rings (SSSR count). The summed E-state index contributed by atoms with van der Waals surface area (Å²) in [6.07, 6.45) is 0.905. The van der Waals surface area contributed by atoms with Crippen LogP contribution in [0.25, 0.3) is 0 Å². The van der Waals surface area contributed by atoms with Crippen LogP contribution in [0.1, 0.15) is 18.9 Å². The standard InChI is InChI=1S/C15H20ClFN2O3/c1-15(21-9-10-22-15)6-8-19-14(20)18-7-5-11-12(16)3-2-4-13(11)17/h2-4H,5-10H2,1H3,(H2,18,19,20). The van der Waals surface area contributed by atoms with Crippen molar-refractivity contribution in [3.05, 3.63) is 34.6 Å². The molecule has 2 amide bonds. The van der Waals surface area contributed by atoms with Crippen LogP contribution in [0.4, 0.5) is 9.18 Å². The van der Waals surface area contributed by atoms with Gasteiger partial charge < -0.3 is 20.1 Å². The van der Waals surface area contributed by atoms with Crippen molar-refractivity contribution < 1.29 is 18.7 Å². The zero-order valence-electron chi connectivity index (χ0n) is 12.5. The molecule has 0 aliphatic carbocycles. The fourth-order valence-corrected chi connectivity index (χ4v) is 2.50. The number of carbonyl (C=O) groups is 1. The molecule has 1 aromatic carbocycles. The third kappa shape index (κ3) is 4.83. The zero-order chi connectivity index (χ0) is 16.0. The maximum absolute atomic E-state index is 13.6. The molecule has 0 radical (unpaired) electrons. The van der Waals surface area contributed by atoms with E-state index < -0.39 is 5.79 Å². The molecule has 0 aromatic heterocycles. The predicted octanol–water partition coefficient (Wildman–Crippen LogP) is 2.47. The van der Waals surface area contributed by atoms with Crippen LogP contribution in [0.3, 0.4) is 0 Å². The molecule has 1 saturated heterocycles. The average Bonchev–Trinajstić information content (AvgIpc) is 2.89. The van der Waals surface area contributed by atoms with E-state index in [-0.39, 0.29) is 11.8 Å². The van der Waals surface area contributed by atoms with E-state index in [0.717, 1.165) is 0 Å². The number of amides is 2. The van der Waals surface area contributed by atoms with E-state index in [9.17, 15) is 9.18 Å². The van der Waals surface area contributed by atoms with Gasteiger partial charge in [-0.05, 0) is 25.5 Å². The van der Waals surface area contributed by atoms with Crippen LogP contribution in [0, 0.1) is 5.82 Å². The van der Waals surface area contributed by atoms with Crippen molar-refractivity contribution in [1.29, 1.82) is 0 Å². The van der Waals surface area contributed by atoms with Gasteiger partial charge in [0, 0.05) is 30.1 Å². The van der Waals surface area contributed by atoms with Crippen LogP contribution in [-0.2, 0) is 15.9 Å². The molecule has 2 N–H and O–H groups in total. The van der Waals surface area contributed by atoms with Gasteiger partial charge in [-0.3, -0.25) is 0 Å². The molecule has 0 spiro atoms. The first-order valence-corrected chi connectivity index (χ1v) is 7.60.